The van der Waals surface area contributed by atoms with Crippen LogP contribution in [0.4, 0.5) is 11.4 Å². The second kappa shape index (κ2) is 9.75. The van der Waals surface area contributed by atoms with Gasteiger partial charge in [-0.1, -0.05) is 42.8 Å². The molecule has 2 N–H and O–H groups in total. The summed E-state index contributed by atoms with van der Waals surface area (Å²) < 4.78 is 5.50. The van der Waals surface area contributed by atoms with Crippen molar-refractivity contribution in [2.75, 3.05) is 17.2 Å². The molecule has 3 rings (SSSR count). The summed E-state index contributed by atoms with van der Waals surface area (Å²) in [7, 11) is 0. The number of amides is 2. The Bertz CT molecular complexity index is 1000. The van der Waals surface area contributed by atoms with E-state index in [0.29, 0.717) is 27.7 Å². The number of carbonyl (C=O) groups excluding carboxylic acids is 2. The zero-order valence-electron chi connectivity index (χ0n) is 15.9. The van der Waals surface area contributed by atoms with Crippen LogP contribution in [0.5, 0.6) is 5.75 Å². The summed E-state index contributed by atoms with van der Waals surface area (Å²) >= 11 is 5.94. The van der Waals surface area contributed by atoms with Crippen molar-refractivity contribution in [3.63, 3.8) is 0 Å². The first-order chi connectivity index (χ1) is 14.0. The van der Waals surface area contributed by atoms with E-state index in [1.807, 2.05) is 24.3 Å². The number of nitrogens with one attached hydrogen (secondary N) is 2. The Morgan fingerprint density at radius 1 is 0.897 bits per heavy atom. The molecule has 0 heterocycles. The van der Waals surface area contributed by atoms with Crippen molar-refractivity contribution in [2.45, 2.75) is 13.3 Å². The molecule has 3 aromatic carbocycles. The molecular formula is C23H21ClN2O3. The van der Waals surface area contributed by atoms with Crippen LogP contribution in [-0.2, 0) is 11.2 Å². The van der Waals surface area contributed by atoms with Crippen LogP contribution in [0.3, 0.4) is 0 Å². The molecule has 0 aliphatic rings. The lowest BCUT2D eigenvalue weighted by Gasteiger charge is -2.10. The third kappa shape index (κ3) is 6.09. The van der Waals surface area contributed by atoms with Gasteiger partial charge in [0, 0.05) is 22.0 Å². The molecule has 29 heavy (non-hydrogen) atoms. The predicted octanol–water partition coefficient (Wildman–Crippen LogP) is 5.17. The molecule has 0 saturated heterocycles. The van der Waals surface area contributed by atoms with Crippen LogP contribution >= 0.6 is 11.6 Å². The Balaban J connectivity index is 1.56. The van der Waals surface area contributed by atoms with Gasteiger partial charge in [-0.2, -0.15) is 0 Å². The van der Waals surface area contributed by atoms with E-state index >= 15 is 0 Å². The first-order valence-corrected chi connectivity index (χ1v) is 9.60. The third-order valence-electron chi connectivity index (χ3n) is 4.19. The molecule has 2 amide bonds. The second-order valence-corrected chi connectivity index (χ2v) is 6.82. The van der Waals surface area contributed by atoms with E-state index < -0.39 is 0 Å². The SMILES string of the molecule is CCc1ccc(OCC(=O)Nc2cccc(C(=O)Nc3cccc(Cl)c3)c2)cc1. The highest BCUT2D eigenvalue weighted by Gasteiger charge is 2.09. The summed E-state index contributed by atoms with van der Waals surface area (Å²) in [6.45, 7) is 1.96. The van der Waals surface area contributed by atoms with E-state index in [9.17, 15) is 9.59 Å². The maximum atomic E-state index is 12.4. The average molecular weight is 409 g/mol. The average Bonchev–Trinajstić information content (AvgIpc) is 2.73. The van der Waals surface area contributed by atoms with Crippen molar-refractivity contribution in [3.8, 4) is 5.75 Å². The molecule has 0 aliphatic carbocycles. The van der Waals surface area contributed by atoms with Crippen molar-refractivity contribution >= 4 is 34.8 Å². The summed E-state index contributed by atoms with van der Waals surface area (Å²) in [4.78, 5) is 24.6. The van der Waals surface area contributed by atoms with E-state index in [-0.39, 0.29) is 18.4 Å². The lowest BCUT2D eigenvalue weighted by atomic mass is 10.2. The first-order valence-electron chi connectivity index (χ1n) is 9.22. The Morgan fingerprint density at radius 2 is 1.59 bits per heavy atom. The predicted molar refractivity (Wildman–Crippen MR) is 116 cm³/mol. The highest BCUT2D eigenvalue weighted by molar-refractivity contribution is 6.31. The lowest BCUT2D eigenvalue weighted by Crippen LogP contribution is -2.20. The zero-order chi connectivity index (χ0) is 20.6. The molecule has 0 atom stereocenters. The summed E-state index contributed by atoms with van der Waals surface area (Å²) in [6.07, 6.45) is 0.946. The zero-order valence-corrected chi connectivity index (χ0v) is 16.7. The van der Waals surface area contributed by atoms with Gasteiger partial charge in [0.2, 0.25) is 0 Å². The van der Waals surface area contributed by atoms with Gasteiger partial charge in [0.15, 0.2) is 6.61 Å². The summed E-state index contributed by atoms with van der Waals surface area (Å²) in [5, 5.41) is 6.05. The van der Waals surface area contributed by atoms with E-state index in [1.165, 1.54) is 5.56 Å². The van der Waals surface area contributed by atoms with Crippen molar-refractivity contribution in [2.24, 2.45) is 0 Å². The van der Waals surface area contributed by atoms with E-state index in [4.69, 9.17) is 16.3 Å². The van der Waals surface area contributed by atoms with Gasteiger partial charge in [0.1, 0.15) is 5.75 Å². The summed E-state index contributed by atoms with van der Waals surface area (Å²) in [6, 6.07) is 21.2. The van der Waals surface area contributed by atoms with Crippen molar-refractivity contribution in [1.82, 2.24) is 0 Å². The number of halogens is 1. The van der Waals surface area contributed by atoms with Crippen LogP contribution in [0.25, 0.3) is 0 Å². The maximum Gasteiger partial charge on any atom is 0.262 e. The fourth-order valence-corrected chi connectivity index (χ4v) is 2.87. The molecule has 6 heteroatoms. The minimum atomic E-state index is -0.308. The Kier molecular flexibility index (Phi) is 6.87. The lowest BCUT2D eigenvalue weighted by molar-refractivity contribution is -0.118. The molecule has 3 aromatic rings. The van der Waals surface area contributed by atoms with E-state index in [0.717, 1.165) is 6.42 Å². The van der Waals surface area contributed by atoms with Gasteiger partial charge in [0.25, 0.3) is 11.8 Å². The van der Waals surface area contributed by atoms with Gasteiger partial charge < -0.3 is 15.4 Å². The van der Waals surface area contributed by atoms with Crippen LogP contribution in [-0.4, -0.2) is 18.4 Å². The smallest absolute Gasteiger partial charge is 0.262 e. The van der Waals surface area contributed by atoms with Crippen LogP contribution in [0.2, 0.25) is 5.02 Å². The highest BCUT2D eigenvalue weighted by atomic mass is 35.5. The minimum absolute atomic E-state index is 0.121. The van der Waals surface area contributed by atoms with Gasteiger partial charge >= 0.3 is 0 Å². The van der Waals surface area contributed by atoms with Gasteiger partial charge in [-0.15, -0.1) is 0 Å². The first kappa shape index (κ1) is 20.4. The fraction of sp³-hybridized carbons (Fsp3) is 0.130. The minimum Gasteiger partial charge on any atom is -0.484 e. The molecule has 0 spiro atoms. The molecule has 0 aromatic heterocycles. The number of benzene rings is 3. The standard InChI is InChI=1S/C23H21ClN2O3/c1-2-16-9-11-21(12-10-16)29-15-22(27)25-19-7-3-5-17(13-19)23(28)26-20-8-4-6-18(24)14-20/h3-14H,2,15H2,1H3,(H,25,27)(H,26,28). The van der Waals surface area contributed by atoms with Crippen molar-refractivity contribution in [1.29, 1.82) is 0 Å². The largest absolute Gasteiger partial charge is 0.484 e. The second-order valence-electron chi connectivity index (χ2n) is 6.38. The molecule has 0 fully saturated rings. The number of rotatable bonds is 7. The van der Waals surface area contributed by atoms with Crippen LogP contribution in [0, 0.1) is 0 Å². The molecule has 148 valence electrons. The molecule has 0 unspecified atom stereocenters. The maximum absolute atomic E-state index is 12.4. The third-order valence-corrected chi connectivity index (χ3v) is 4.43. The molecule has 0 aliphatic heterocycles. The molecule has 0 bridgehead atoms. The quantitative estimate of drug-likeness (QED) is 0.566. The number of hydrogen-bond donors (Lipinski definition) is 2. The van der Waals surface area contributed by atoms with Crippen LogP contribution < -0.4 is 15.4 Å². The monoisotopic (exact) mass is 408 g/mol. The Morgan fingerprint density at radius 3 is 2.28 bits per heavy atom. The highest BCUT2D eigenvalue weighted by Crippen LogP contribution is 2.17. The van der Waals surface area contributed by atoms with E-state index in [2.05, 4.69) is 17.6 Å². The Labute approximate surface area is 174 Å². The molecule has 0 radical (unpaired) electrons. The van der Waals surface area contributed by atoms with Gasteiger partial charge in [0.05, 0.1) is 0 Å². The van der Waals surface area contributed by atoms with Gasteiger partial charge in [-0.3, -0.25) is 9.59 Å². The normalized spacial score (nSPS) is 10.3. The fourth-order valence-electron chi connectivity index (χ4n) is 2.68. The number of ether oxygens (including phenoxy) is 1. The number of aryl methyl sites for hydroxylation is 1. The summed E-state index contributed by atoms with van der Waals surface area (Å²) in [5.41, 5.74) is 2.73. The van der Waals surface area contributed by atoms with Crippen molar-refractivity contribution in [3.05, 3.63) is 88.9 Å². The number of anilines is 2. The summed E-state index contributed by atoms with van der Waals surface area (Å²) in [5.74, 6) is 0.0274. The van der Waals surface area contributed by atoms with Gasteiger partial charge in [-0.05, 0) is 60.5 Å². The Hall–Kier alpha value is -3.31. The molecular weight excluding hydrogens is 388 g/mol. The van der Waals surface area contributed by atoms with Gasteiger partial charge in [-0.25, -0.2) is 0 Å². The molecule has 0 saturated carbocycles. The topological polar surface area (TPSA) is 67.4 Å². The van der Waals surface area contributed by atoms with E-state index in [1.54, 1.807) is 48.5 Å². The van der Waals surface area contributed by atoms with Crippen LogP contribution in [0.1, 0.15) is 22.8 Å². The number of carbonyl (C=O) groups is 2. The molecule has 5 nitrogen and oxygen atoms in total. The number of hydrogen-bond acceptors (Lipinski definition) is 3. The van der Waals surface area contributed by atoms with Crippen molar-refractivity contribution < 1.29 is 14.3 Å². The van der Waals surface area contributed by atoms with Crippen LogP contribution in [0.15, 0.2) is 72.8 Å².